The normalized spacial score (nSPS) is 11.2. The Bertz CT molecular complexity index is 946. The summed E-state index contributed by atoms with van der Waals surface area (Å²) in [5.41, 5.74) is 0.936. The molecule has 0 bridgehead atoms. The number of carbonyl (C=O) groups is 2. The van der Waals surface area contributed by atoms with Gasteiger partial charge in [0, 0.05) is 13.0 Å². The minimum atomic E-state index is -0.472. The van der Waals surface area contributed by atoms with E-state index in [-0.39, 0.29) is 19.2 Å². The number of ether oxygens (including phenoxy) is 12. The Kier molecular flexibility index (Phi) is 39.3. The van der Waals surface area contributed by atoms with Gasteiger partial charge in [-0.1, -0.05) is 75.8 Å². The van der Waals surface area contributed by atoms with Crippen LogP contribution in [0.15, 0.2) is 30.3 Å². The first-order valence-corrected chi connectivity index (χ1v) is 20.1. The zero-order valence-electron chi connectivity index (χ0n) is 33.5. The summed E-state index contributed by atoms with van der Waals surface area (Å²) in [6.45, 7) is 12.4. The zero-order chi connectivity index (χ0) is 39.4. The van der Waals surface area contributed by atoms with Crippen molar-refractivity contribution in [1.29, 1.82) is 0 Å². The third kappa shape index (κ3) is 39.6. The summed E-state index contributed by atoms with van der Waals surface area (Å²) in [6.07, 6.45) is 8.29. The second-order valence-corrected chi connectivity index (χ2v) is 12.2. The van der Waals surface area contributed by atoms with E-state index in [1.54, 1.807) is 0 Å². The van der Waals surface area contributed by atoms with E-state index in [0.29, 0.717) is 145 Å². The van der Waals surface area contributed by atoms with Crippen molar-refractivity contribution >= 4 is 12.1 Å². The van der Waals surface area contributed by atoms with E-state index in [1.807, 2.05) is 30.3 Å². The first kappa shape index (κ1) is 50.6. The van der Waals surface area contributed by atoms with E-state index in [0.717, 1.165) is 18.4 Å². The second kappa shape index (κ2) is 42.7. The Labute approximate surface area is 329 Å². The monoisotopic (exact) mass is 789 g/mol. The number of esters is 1. The SMILES string of the molecule is CCCCCCCCCC(=O)OCCOCCOCCOCCOCCOCCOCCOCCOCCOCCOCCNC(=O)OCc1ccccc1. The Balaban J connectivity index is 1.64. The van der Waals surface area contributed by atoms with E-state index < -0.39 is 6.09 Å². The van der Waals surface area contributed by atoms with E-state index in [1.165, 1.54) is 32.1 Å². The molecule has 0 aromatic heterocycles. The van der Waals surface area contributed by atoms with Gasteiger partial charge >= 0.3 is 12.1 Å². The Hall–Kier alpha value is -2.44. The summed E-state index contributed by atoms with van der Waals surface area (Å²) in [7, 11) is 0. The van der Waals surface area contributed by atoms with Crippen molar-refractivity contribution in [3.8, 4) is 0 Å². The van der Waals surface area contributed by atoms with Crippen molar-refractivity contribution < 1.29 is 66.4 Å². The van der Waals surface area contributed by atoms with Crippen molar-refractivity contribution in [1.82, 2.24) is 5.32 Å². The predicted octanol–water partition coefficient (Wildman–Crippen LogP) is 4.76. The third-order valence-electron chi connectivity index (χ3n) is 7.55. The first-order valence-electron chi connectivity index (χ1n) is 20.1. The van der Waals surface area contributed by atoms with Crippen LogP contribution in [0, 0.1) is 0 Å². The molecule has 1 N–H and O–H groups in total. The maximum Gasteiger partial charge on any atom is 0.407 e. The minimum Gasteiger partial charge on any atom is -0.463 e. The molecule has 0 aliphatic rings. The zero-order valence-corrected chi connectivity index (χ0v) is 33.5. The number of alkyl carbamates (subject to hydrolysis) is 1. The molecule has 0 atom stereocenters. The molecule has 0 unspecified atom stereocenters. The molecule has 0 saturated carbocycles. The molecule has 0 saturated heterocycles. The van der Waals surface area contributed by atoms with Gasteiger partial charge in [-0.05, 0) is 12.0 Å². The molecule has 1 amide bonds. The molecule has 15 nitrogen and oxygen atoms in total. The first-order chi connectivity index (χ1) is 27.2. The van der Waals surface area contributed by atoms with Crippen LogP contribution in [0.5, 0.6) is 0 Å². The Morgan fingerprint density at radius 1 is 0.436 bits per heavy atom. The van der Waals surface area contributed by atoms with Crippen LogP contribution in [0.3, 0.4) is 0 Å². The number of benzene rings is 1. The lowest BCUT2D eigenvalue weighted by molar-refractivity contribution is -0.145. The molecule has 0 spiro atoms. The number of hydrogen-bond acceptors (Lipinski definition) is 14. The summed E-state index contributed by atoms with van der Waals surface area (Å²) in [6, 6.07) is 9.50. The van der Waals surface area contributed by atoms with Crippen LogP contribution >= 0.6 is 0 Å². The number of unbranched alkanes of at least 4 members (excludes halogenated alkanes) is 6. The van der Waals surface area contributed by atoms with Gasteiger partial charge in [0.25, 0.3) is 0 Å². The highest BCUT2D eigenvalue weighted by molar-refractivity contribution is 5.69. The van der Waals surface area contributed by atoms with Crippen molar-refractivity contribution in [3.05, 3.63) is 35.9 Å². The van der Waals surface area contributed by atoms with Gasteiger partial charge < -0.3 is 62.2 Å². The van der Waals surface area contributed by atoms with Crippen molar-refractivity contribution in [2.24, 2.45) is 0 Å². The summed E-state index contributed by atoms with van der Waals surface area (Å²) in [4.78, 5) is 23.4. The van der Waals surface area contributed by atoms with Crippen LogP contribution in [0.1, 0.15) is 63.9 Å². The molecule has 1 rings (SSSR count). The fraction of sp³-hybridized carbons (Fsp3) is 0.800. The van der Waals surface area contributed by atoms with Gasteiger partial charge in [0.2, 0.25) is 0 Å². The number of rotatable bonds is 43. The topological polar surface area (TPSA) is 157 Å². The van der Waals surface area contributed by atoms with Crippen molar-refractivity contribution in [3.63, 3.8) is 0 Å². The average molecular weight is 790 g/mol. The van der Waals surface area contributed by atoms with Gasteiger partial charge in [0.05, 0.1) is 132 Å². The van der Waals surface area contributed by atoms with E-state index in [9.17, 15) is 9.59 Å². The van der Waals surface area contributed by atoms with E-state index >= 15 is 0 Å². The number of carbonyl (C=O) groups excluding carboxylic acids is 2. The van der Waals surface area contributed by atoms with Crippen LogP contribution in [0.25, 0.3) is 0 Å². The van der Waals surface area contributed by atoms with Gasteiger partial charge in [0.1, 0.15) is 13.2 Å². The molecule has 0 fully saturated rings. The van der Waals surface area contributed by atoms with Crippen LogP contribution < -0.4 is 5.32 Å². The number of hydrogen-bond donors (Lipinski definition) is 1. The second-order valence-electron chi connectivity index (χ2n) is 12.2. The van der Waals surface area contributed by atoms with E-state index in [2.05, 4.69) is 12.2 Å². The Morgan fingerprint density at radius 3 is 1.22 bits per heavy atom. The maximum atomic E-state index is 11.7. The molecule has 55 heavy (non-hydrogen) atoms. The van der Waals surface area contributed by atoms with Crippen LogP contribution in [-0.2, 0) is 68.2 Å². The fourth-order valence-electron chi connectivity index (χ4n) is 4.59. The highest BCUT2D eigenvalue weighted by Crippen LogP contribution is 2.08. The summed E-state index contributed by atoms with van der Waals surface area (Å²) < 4.78 is 65.0. The molecule has 0 radical (unpaired) electrons. The standard InChI is InChI=1S/C40H71NO14/c1-2-3-4-5-6-7-11-14-39(42)54-36-35-53-34-33-52-32-31-51-30-29-50-28-27-49-26-25-48-24-23-47-22-21-46-20-19-45-18-17-44-16-15-41-40(43)55-37-38-12-9-8-10-13-38/h8-10,12-13H,2-7,11,14-37H2,1H3,(H,41,43). The molecule has 320 valence electrons. The lowest BCUT2D eigenvalue weighted by Crippen LogP contribution is -2.28. The largest absolute Gasteiger partial charge is 0.463 e. The summed E-state index contributed by atoms with van der Waals surface area (Å²) in [5, 5.41) is 2.64. The molecular weight excluding hydrogens is 718 g/mol. The van der Waals surface area contributed by atoms with Gasteiger partial charge in [-0.2, -0.15) is 0 Å². The van der Waals surface area contributed by atoms with Gasteiger partial charge in [-0.3, -0.25) is 4.79 Å². The molecule has 0 aliphatic heterocycles. The average Bonchev–Trinajstić information content (AvgIpc) is 3.20. The highest BCUT2D eigenvalue weighted by atomic mass is 16.6. The van der Waals surface area contributed by atoms with Crippen LogP contribution in [-0.4, -0.2) is 157 Å². The van der Waals surface area contributed by atoms with Gasteiger partial charge in [0.15, 0.2) is 0 Å². The van der Waals surface area contributed by atoms with E-state index in [4.69, 9.17) is 56.8 Å². The quantitative estimate of drug-likeness (QED) is 0.0714. The lowest BCUT2D eigenvalue weighted by atomic mass is 10.1. The predicted molar refractivity (Wildman–Crippen MR) is 206 cm³/mol. The molecule has 15 heteroatoms. The van der Waals surface area contributed by atoms with Crippen LogP contribution in [0.4, 0.5) is 4.79 Å². The molecule has 1 aromatic rings. The third-order valence-corrected chi connectivity index (χ3v) is 7.55. The number of amides is 1. The minimum absolute atomic E-state index is 0.145. The fourth-order valence-corrected chi connectivity index (χ4v) is 4.59. The smallest absolute Gasteiger partial charge is 0.407 e. The molecular formula is C40H71NO14. The molecule has 0 aliphatic carbocycles. The van der Waals surface area contributed by atoms with Crippen molar-refractivity contribution in [2.45, 2.75) is 64.9 Å². The van der Waals surface area contributed by atoms with Gasteiger partial charge in [-0.15, -0.1) is 0 Å². The summed E-state index contributed by atoms with van der Waals surface area (Å²) >= 11 is 0. The van der Waals surface area contributed by atoms with Crippen molar-refractivity contribution in [2.75, 3.05) is 145 Å². The molecule has 1 aromatic carbocycles. The summed E-state index contributed by atoms with van der Waals surface area (Å²) in [5.74, 6) is -0.145. The highest BCUT2D eigenvalue weighted by Gasteiger charge is 2.04. The van der Waals surface area contributed by atoms with Gasteiger partial charge in [-0.25, -0.2) is 4.79 Å². The van der Waals surface area contributed by atoms with Crippen LogP contribution in [0.2, 0.25) is 0 Å². The lowest BCUT2D eigenvalue weighted by Gasteiger charge is -2.09. The Morgan fingerprint density at radius 2 is 0.800 bits per heavy atom. The number of nitrogens with one attached hydrogen (secondary N) is 1. The molecule has 0 heterocycles. The maximum absolute atomic E-state index is 11.7.